The van der Waals surface area contributed by atoms with Gasteiger partial charge < -0.3 is 10.5 Å². The fraction of sp³-hybridized carbons (Fsp3) is 0.333. The Morgan fingerprint density at radius 3 is 2.29 bits per heavy atom. The lowest BCUT2D eigenvalue weighted by Gasteiger charge is -2.09. The average Bonchev–Trinajstić information content (AvgIpc) is 2.09. The summed E-state index contributed by atoms with van der Waals surface area (Å²) in [6.45, 7) is 0.493. The molecule has 0 aliphatic rings. The molecule has 2 nitrogen and oxygen atoms in total. The second-order valence-corrected chi connectivity index (χ2v) is 3.90. The molecule has 0 saturated carbocycles. The first-order chi connectivity index (χ1) is 6.65. The summed E-state index contributed by atoms with van der Waals surface area (Å²) in [5, 5.41) is 0.842. The van der Waals surface area contributed by atoms with E-state index in [0.29, 0.717) is 34.0 Å². The molecule has 0 radical (unpaired) electrons. The number of anilines is 1. The van der Waals surface area contributed by atoms with Crippen molar-refractivity contribution in [2.75, 3.05) is 18.2 Å². The summed E-state index contributed by atoms with van der Waals surface area (Å²) in [6, 6.07) is 3.20. The highest BCUT2D eigenvalue weighted by molar-refractivity contribution is 6.37. The highest BCUT2D eigenvalue weighted by atomic mass is 35.5. The summed E-state index contributed by atoms with van der Waals surface area (Å²) >= 11 is 17.3. The first-order valence-electron chi connectivity index (χ1n) is 4.08. The van der Waals surface area contributed by atoms with Gasteiger partial charge in [-0.25, -0.2) is 0 Å². The second-order valence-electron chi connectivity index (χ2n) is 2.70. The molecule has 1 aromatic rings. The van der Waals surface area contributed by atoms with Crippen LogP contribution in [0.5, 0.6) is 5.75 Å². The quantitative estimate of drug-likeness (QED) is 0.506. The van der Waals surface area contributed by atoms with Gasteiger partial charge >= 0.3 is 0 Å². The van der Waals surface area contributed by atoms with Gasteiger partial charge in [-0.05, 0) is 18.6 Å². The molecule has 1 aromatic carbocycles. The molecule has 0 heterocycles. The van der Waals surface area contributed by atoms with Crippen LogP contribution < -0.4 is 10.5 Å². The number of hydrogen-bond donors (Lipinski definition) is 1. The van der Waals surface area contributed by atoms with Crippen molar-refractivity contribution in [2.24, 2.45) is 0 Å². The van der Waals surface area contributed by atoms with Crippen LogP contribution in [0, 0.1) is 0 Å². The lowest BCUT2D eigenvalue weighted by Crippen LogP contribution is -1.99. The van der Waals surface area contributed by atoms with E-state index in [9.17, 15) is 0 Å². The van der Waals surface area contributed by atoms with E-state index in [1.165, 1.54) is 0 Å². The van der Waals surface area contributed by atoms with Crippen LogP contribution in [0.1, 0.15) is 6.42 Å². The number of hydrogen-bond acceptors (Lipinski definition) is 2. The number of alkyl halides is 1. The molecule has 0 spiro atoms. The zero-order valence-corrected chi connectivity index (χ0v) is 9.66. The van der Waals surface area contributed by atoms with Crippen LogP contribution in [0.25, 0.3) is 0 Å². The van der Waals surface area contributed by atoms with Crippen molar-refractivity contribution in [3.8, 4) is 5.75 Å². The van der Waals surface area contributed by atoms with Gasteiger partial charge in [0.2, 0.25) is 0 Å². The minimum absolute atomic E-state index is 0.421. The van der Waals surface area contributed by atoms with Gasteiger partial charge in [-0.1, -0.05) is 23.2 Å². The lowest BCUT2D eigenvalue weighted by atomic mass is 10.3. The van der Waals surface area contributed by atoms with Crippen molar-refractivity contribution >= 4 is 40.5 Å². The fourth-order valence-electron chi connectivity index (χ4n) is 0.946. The third-order valence-corrected chi connectivity index (χ3v) is 2.37. The summed E-state index contributed by atoms with van der Waals surface area (Å²) in [5.41, 5.74) is 6.06. The highest BCUT2D eigenvalue weighted by Gasteiger charge is 2.08. The Balaban J connectivity index is 2.75. The average molecular weight is 255 g/mol. The summed E-state index contributed by atoms with van der Waals surface area (Å²) in [7, 11) is 0. The van der Waals surface area contributed by atoms with Gasteiger partial charge in [-0.2, -0.15) is 0 Å². The minimum atomic E-state index is 0.421. The predicted octanol–water partition coefficient (Wildman–Crippen LogP) is 3.58. The van der Waals surface area contributed by atoms with E-state index in [2.05, 4.69) is 0 Å². The minimum Gasteiger partial charge on any atom is -0.490 e. The van der Waals surface area contributed by atoms with Crippen molar-refractivity contribution in [1.82, 2.24) is 0 Å². The SMILES string of the molecule is Nc1cc(Cl)c(OCCCCl)c(Cl)c1. The maximum atomic E-state index is 5.89. The maximum Gasteiger partial charge on any atom is 0.156 e. The highest BCUT2D eigenvalue weighted by Crippen LogP contribution is 2.35. The van der Waals surface area contributed by atoms with Gasteiger partial charge in [0.05, 0.1) is 16.7 Å². The Morgan fingerprint density at radius 2 is 1.79 bits per heavy atom. The molecule has 14 heavy (non-hydrogen) atoms. The molecule has 0 aliphatic carbocycles. The van der Waals surface area contributed by atoms with E-state index in [-0.39, 0.29) is 0 Å². The molecular formula is C9H10Cl3NO. The second kappa shape index (κ2) is 5.54. The van der Waals surface area contributed by atoms with Gasteiger partial charge in [0.1, 0.15) is 0 Å². The van der Waals surface area contributed by atoms with Crippen LogP contribution in [-0.4, -0.2) is 12.5 Å². The third kappa shape index (κ3) is 3.12. The number of nitrogen functional groups attached to an aromatic ring is 1. The standard InChI is InChI=1S/C9H10Cl3NO/c10-2-1-3-14-9-7(11)4-6(13)5-8(9)12/h4-5H,1-3,13H2. The Hall–Kier alpha value is -0.310. The molecule has 2 N–H and O–H groups in total. The Bertz CT molecular complexity index is 294. The van der Waals surface area contributed by atoms with E-state index in [1.807, 2.05) is 0 Å². The molecule has 0 bridgehead atoms. The van der Waals surface area contributed by atoms with Crippen molar-refractivity contribution in [1.29, 1.82) is 0 Å². The first-order valence-corrected chi connectivity index (χ1v) is 5.37. The van der Waals surface area contributed by atoms with Crippen LogP contribution in [-0.2, 0) is 0 Å². The lowest BCUT2D eigenvalue weighted by molar-refractivity contribution is 0.319. The molecule has 0 saturated heterocycles. The van der Waals surface area contributed by atoms with Crippen molar-refractivity contribution in [3.63, 3.8) is 0 Å². The molecule has 0 fully saturated rings. The summed E-state index contributed by atoms with van der Waals surface area (Å²) in [5.74, 6) is 1.01. The number of halogens is 3. The van der Waals surface area contributed by atoms with Crippen LogP contribution in [0.3, 0.4) is 0 Å². The summed E-state index contributed by atoms with van der Waals surface area (Å²) in [6.07, 6.45) is 0.749. The molecular weight excluding hydrogens is 244 g/mol. The van der Waals surface area contributed by atoms with Crippen molar-refractivity contribution in [2.45, 2.75) is 6.42 Å². The van der Waals surface area contributed by atoms with E-state index in [1.54, 1.807) is 12.1 Å². The third-order valence-electron chi connectivity index (χ3n) is 1.54. The first kappa shape index (κ1) is 11.8. The van der Waals surface area contributed by atoms with Crippen LogP contribution in [0.4, 0.5) is 5.69 Å². The zero-order valence-electron chi connectivity index (χ0n) is 7.40. The molecule has 0 atom stereocenters. The molecule has 0 aromatic heterocycles. The maximum absolute atomic E-state index is 5.89. The Kier molecular flexibility index (Phi) is 4.66. The molecule has 0 aliphatic heterocycles. The Morgan fingerprint density at radius 1 is 1.21 bits per heavy atom. The molecule has 0 amide bonds. The van der Waals surface area contributed by atoms with Gasteiger partial charge in [-0.15, -0.1) is 11.6 Å². The van der Waals surface area contributed by atoms with E-state index in [4.69, 9.17) is 45.3 Å². The zero-order chi connectivity index (χ0) is 10.6. The monoisotopic (exact) mass is 253 g/mol. The normalized spacial score (nSPS) is 10.2. The number of benzene rings is 1. The Labute approximate surface area is 97.9 Å². The molecule has 5 heteroatoms. The van der Waals surface area contributed by atoms with Crippen molar-refractivity contribution < 1.29 is 4.74 Å². The fourth-order valence-corrected chi connectivity index (χ4v) is 1.67. The van der Waals surface area contributed by atoms with Gasteiger partial charge in [0, 0.05) is 11.6 Å². The van der Waals surface area contributed by atoms with Gasteiger partial charge in [0.15, 0.2) is 5.75 Å². The van der Waals surface area contributed by atoms with Crippen LogP contribution >= 0.6 is 34.8 Å². The van der Waals surface area contributed by atoms with Gasteiger partial charge in [-0.3, -0.25) is 0 Å². The van der Waals surface area contributed by atoms with E-state index in [0.717, 1.165) is 6.42 Å². The van der Waals surface area contributed by atoms with E-state index >= 15 is 0 Å². The number of nitrogens with two attached hydrogens (primary N) is 1. The summed E-state index contributed by atoms with van der Waals surface area (Å²) < 4.78 is 5.36. The topological polar surface area (TPSA) is 35.2 Å². The van der Waals surface area contributed by atoms with Crippen molar-refractivity contribution in [3.05, 3.63) is 22.2 Å². The molecule has 1 rings (SSSR count). The van der Waals surface area contributed by atoms with Crippen LogP contribution in [0.15, 0.2) is 12.1 Å². The summed E-state index contributed by atoms with van der Waals surface area (Å²) in [4.78, 5) is 0. The predicted molar refractivity (Wildman–Crippen MR) is 61.7 cm³/mol. The molecule has 0 unspecified atom stereocenters. The number of ether oxygens (including phenoxy) is 1. The van der Waals surface area contributed by atoms with E-state index < -0.39 is 0 Å². The van der Waals surface area contributed by atoms with Crippen LogP contribution in [0.2, 0.25) is 10.0 Å². The van der Waals surface area contributed by atoms with Gasteiger partial charge in [0.25, 0.3) is 0 Å². The number of rotatable bonds is 4. The smallest absolute Gasteiger partial charge is 0.156 e. The molecule has 78 valence electrons. The largest absolute Gasteiger partial charge is 0.490 e.